The molecule has 0 atom stereocenters. The molecule has 0 unspecified atom stereocenters. The van der Waals surface area contributed by atoms with E-state index in [0.717, 1.165) is 88.0 Å². The Kier molecular flexibility index (Phi) is 7.90. The largest absolute Gasteiger partial charge is 0.495 e. The van der Waals surface area contributed by atoms with Crippen LogP contribution in [0.2, 0.25) is 0 Å². The van der Waals surface area contributed by atoms with Crippen molar-refractivity contribution < 1.29 is 14.2 Å². The number of nitriles is 1. The zero-order chi connectivity index (χ0) is 27.3. The van der Waals surface area contributed by atoms with Crippen LogP contribution in [0.4, 0.5) is 17.3 Å². The number of piperazine rings is 1. The second kappa shape index (κ2) is 12.0. The number of nitrogens with one attached hydrogen (secondary N) is 2. The molecular weight excluding hydrogens is 508 g/mol. The zero-order valence-electron chi connectivity index (χ0n) is 22.7. The van der Waals surface area contributed by atoms with Gasteiger partial charge < -0.3 is 29.7 Å². The molecule has 2 aromatic carbocycles. The first-order valence-electron chi connectivity index (χ1n) is 13.8. The molecule has 6 rings (SSSR count). The van der Waals surface area contributed by atoms with Gasteiger partial charge in [-0.15, -0.1) is 0 Å². The van der Waals surface area contributed by atoms with Crippen LogP contribution in [0, 0.1) is 11.3 Å². The predicted octanol–water partition coefficient (Wildman–Crippen LogP) is 2.81. The second-order valence-electron chi connectivity index (χ2n) is 10.2. The molecule has 0 saturated carbocycles. The molecule has 3 aromatic rings. The molecule has 208 valence electrons. The molecule has 4 heterocycles. The van der Waals surface area contributed by atoms with E-state index in [0.29, 0.717) is 29.1 Å². The van der Waals surface area contributed by atoms with E-state index in [4.69, 9.17) is 14.2 Å². The van der Waals surface area contributed by atoms with Crippen LogP contribution in [0.1, 0.15) is 18.4 Å². The summed E-state index contributed by atoms with van der Waals surface area (Å²) < 4.78 is 17.2. The Morgan fingerprint density at radius 2 is 1.85 bits per heavy atom. The second-order valence-corrected chi connectivity index (χ2v) is 10.2. The van der Waals surface area contributed by atoms with E-state index >= 15 is 0 Å². The number of methoxy groups -OCH3 is 1. The predicted molar refractivity (Wildman–Crippen MR) is 151 cm³/mol. The SMILES string of the molecule is COc1cc(Nc2ncnc(-c3ccc(OC4CCNCC4)c(C#N)c3)n2)ccc1N1CCN(C2COC2)CC1. The quantitative estimate of drug-likeness (QED) is 0.437. The lowest BCUT2D eigenvalue weighted by Gasteiger charge is -2.43. The summed E-state index contributed by atoms with van der Waals surface area (Å²) >= 11 is 0. The lowest BCUT2D eigenvalue weighted by molar-refractivity contribution is -0.0660. The number of hydrogen-bond donors (Lipinski definition) is 2. The maximum Gasteiger partial charge on any atom is 0.230 e. The van der Waals surface area contributed by atoms with Gasteiger partial charge in [-0.3, -0.25) is 4.90 Å². The van der Waals surface area contributed by atoms with Gasteiger partial charge in [-0.05, 0) is 56.3 Å². The summed E-state index contributed by atoms with van der Waals surface area (Å²) in [5.41, 5.74) is 3.07. The molecule has 11 heteroatoms. The van der Waals surface area contributed by atoms with Crippen LogP contribution in [-0.2, 0) is 4.74 Å². The summed E-state index contributed by atoms with van der Waals surface area (Å²) in [7, 11) is 1.69. The third kappa shape index (κ3) is 5.79. The summed E-state index contributed by atoms with van der Waals surface area (Å²) in [5, 5.41) is 16.4. The maximum absolute atomic E-state index is 9.76. The van der Waals surface area contributed by atoms with Crippen molar-refractivity contribution in [2.75, 3.05) is 69.8 Å². The van der Waals surface area contributed by atoms with Gasteiger partial charge in [0.15, 0.2) is 5.82 Å². The zero-order valence-corrected chi connectivity index (χ0v) is 22.7. The molecule has 1 aromatic heterocycles. The molecule has 40 heavy (non-hydrogen) atoms. The molecule has 0 spiro atoms. The van der Waals surface area contributed by atoms with Crippen molar-refractivity contribution in [1.29, 1.82) is 5.26 Å². The van der Waals surface area contributed by atoms with Crippen LogP contribution in [0.3, 0.4) is 0 Å². The number of hydrogen-bond acceptors (Lipinski definition) is 11. The van der Waals surface area contributed by atoms with Crippen LogP contribution in [0.5, 0.6) is 11.5 Å². The van der Waals surface area contributed by atoms with Gasteiger partial charge in [0, 0.05) is 43.5 Å². The number of anilines is 3. The first-order valence-corrected chi connectivity index (χ1v) is 13.8. The average molecular weight is 543 g/mol. The topological polar surface area (TPSA) is 121 Å². The fourth-order valence-corrected chi connectivity index (χ4v) is 5.36. The van der Waals surface area contributed by atoms with Gasteiger partial charge in [-0.1, -0.05) is 0 Å². The highest BCUT2D eigenvalue weighted by atomic mass is 16.5. The monoisotopic (exact) mass is 542 g/mol. The minimum absolute atomic E-state index is 0.114. The van der Waals surface area contributed by atoms with E-state index < -0.39 is 0 Å². The summed E-state index contributed by atoms with van der Waals surface area (Å²) in [6.45, 7) is 7.47. The number of aromatic nitrogens is 3. The number of piperidine rings is 1. The van der Waals surface area contributed by atoms with Crippen molar-refractivity contribution in [3.05, 3.63) is 48.3 Å². The summed E-state index contributed by atoms with van der Waals surface area (Å²) in [5.74, 6) is 2.27. The molecule has 2 N–H and O–H groups in total. The van der Waals surface area contributed by atoms with Crippen molar-refractivity contribution in [2.24, 2.45) is 0 Å². The normalized spacial score (nSPS) is 18.6. The Bertz CT molecular complexity index is 1360. The third-order valence-corrected chi connectivity index (χ3v) is 7.74. The first kappa shape index (κ1) is 26.3. The van der Waals surface area contributed by atoms with E-state index in [1.165, 1.54) is 6.33 Å². The van der Waals surface area contributed by atoms with Crippen molar-refractivity contribution in [1.82, 2.24) is 25.2 Å². The minimum atomic E-state index is 0.114. The van der Waals surface area contributed by atoms with Crippen molar-refractivity contribution in [2.45, 2.75) is 25.0 Å². The van der Waals surface area contributed by atoms with E-state index in [1.54, 1.807) is 13.2 Å². The molecule has 0 amide bonds. The Morgan fingerprint density at radius 1 is 1.02 bits per heavy atom. The molecule has 0 aliphatic carbocycles. The fourth-order valence-electron chi connectivity index (χ4n) is 5.36. The van der Waals surface area contributed by atoms with E-state index in [-0.39, 0.29) is 6.10 Å². The van der Waals surface area contributed by atoms with Gasteiger partial charge in [0.05, 0.1) is 37.6 Å². The van der Waals surface area contributed by atoms with Gasteiger partial charge in [-0.25, -0.2) is 9.97 Å². The van der Waals surface area contributed by atoms with Gasteiger partial charge in [0.25, 0.3) is 0 Å². The van der Waals surface area contributed by atoms with Crippen molar-refractivity contribution in [3.8, 4) is 29.0 Å². The minimum Gasteiger partial charge on any atom is -0.495 e. The highest BCUT2D eigenvalue weighted by Crippen LogP contribution is 2.33. The molecular formula is C29H34N8O3. The fraction of sp³-hybridized carbons (Fsp3) is 0.448. The third-order valence-electron chi connectivity index (χ3n) is 7.74. The van der Waals surface area contributed by atoms with Crippen LogP contribution in [0.25, 0.3) is 11.4 Å². The van der Waals surface area contributed by atoms with Crippen LogP contribution in [-0.4, -0.2) is 91.6 Å². The molecule has 0 radical (unpaired) electrons. The maximum atomic E-state index is 9.76. The highest BCUT2D eigenvalue weighted by Gasteiger charge is 2.29. The first-order chi connectivity index (χ1) is 19.7. The van der Waals surface area contributed by atoms with Crippen molar-refractivity contribution >= 4 is 17.3 Å². The van der Waals surface area contributed by atoms with Gasteiger partial charge in [0.1, 0.15) is 30.0 Å². The standard InChI is InChI=1S/C29H34N8O3/c1-38-27-15-22(3-4-25(27)37-12-10-36(11-13-37)23-17-39-18-23)34-29-33-19-32-28(35-29)20-2-5-26(21(14-20)16-30)40-24-6-8-31-9-7-24/h2-5,14-15,19,23-24,31H,6-13,17-18H2,1H3,(H,32,33,34,35). The van der Waals surface area contributed by atoms with E-state index in [1.807, 2.05) is 24.3 Å². The highest BCUT2D eigenvalue weighted by molar-refractivity contribution is 5.68. The summed E-state index contributed by atoms with van der Waals surface area (Å²) in [6, 6.07) is 14.3. The van der Waals surface area contributed by atoms with Crippen LogP contribution >= 0.6 is 0 Å². The van der Waals surface area contributed by atoms with Crippen LogP contribution in [0.15, 0.2) is 42.7 Å². The van der Waals surface area contributed by atoms with Crippen LogP contribution < -0.4 is 25.0 Å². The molecule has 11 nitrogen and oxygen atoms in total. The number of nitrogens with zero attached hydrogens (tertiary/aromatic N) is 6. The molecule has 3 fully saturated rings. The molecule has 3 saturated heterocycles. The molecule has 0 bridgehead atoms. The van der Waals surface area contributed by atoms with Gasteiger partial charge >= 0.3 is 0 Å². The molecule has 3 aliphatic heterocycles. The van der Waals surface area contributed by atoms with Gasteiger partial charge in [0.2, 0.25) is 5.95 Å². The Morgan fingerprint density at radius 3 is 2.58 bits per heavy atom. The summed E-state index contributed by atoms with van der Waals surface area (Å²) in [6.07, 6.45) is 3.43. The number of rotatable bonds is 8. The summed E-state index contributed by atoms with van der Waals surface area (Å²) in [4.78, 5) is 18.1. The lowest BCUT2D eigenvalue weighted by Crippen LogP contribution is -2.56. The Balaban J connectivity index is 1.14. The lowest BCUT2D eigenvalue weighted by atomic mass is 10.1. The smallest absolute Gasteiger partial charge is 0.230 e. The average Bonchev–Trinajstić information content (AvgIpc) is 2.97. The van der Waals surface area contributed by atoms with Crippen molar-refractivity contribution in [3.63, 3.8) is 0 Å². The Labute approximate surface area is 234 Å². The van der Waals surface area contributed by atoms with Gasteiger partial charge in [-0.2, -0.15) is 10.2 Å². The van der Waals surface area contributed by atoms with E-state index in [9.17, 15) is 5.26 Å². The van der Waals surface area contributed by atoms with E-state index in [2.05, 4.69) is 47.5 Å². The number of ether oxygens (including phenoxy) is 3. The Hall–Kier alpha value is -3.98. The molecule has 3 aliphatic rings. The number of benzene rings is 2.